The van der Waals surface area contributed by atoms with E-state index >= 15 is 0 Å². The van der Waals surface area contributed by atoms with Gasteiger partial charge < -0.3 is 10.6 Å². The van der Waals surface area contributed by atoms with Gasteiger partial charge in [0.2, 0.25) is 0 Å². The Morgan fingerprint density at radius 2 is 2.26 bits per heavy atom. The van der Waals surface area contributed by atoms with Crippen LogP contribution in [-0.2, 0) is 4.79 Å². The van der Waals surface area contributed by atoms with Crippen LogP contribution in [0, 0.1) is 18.3 Å². The number of benzene rings is 1. The zero-order valence-electron chi connectivity index (χ0n) is 11.0. The molecule has 1 aromatic rings. The highest BCUT2D eigenvalue weighted by atomic mass is 79.9. The minimum atomic E-state index is -0.361. The average Bonchev–Trinajstić information content (AvgIpc) is 2.39. The van der Waals surface area contributed by atoms with Gasteiger partial charge in [0.1, 0.15) is 11.6 Å². The summed E-state index contributed by atoms with van der Waals surface area (Å²) >= 11 is 3.42. The summed E-state index contributed by atoms with van der Waals surface area (Å²) in [5.41, 5.74) is 1.99. The molecule has 5 heteroatoms. The lowest BCUT2D eigenvalue weighted by Crippen LogP contribution is -2.25. The van der Waals surface area contributed by atoms with Gasteiger partial charge in [-0.3, -0.25) is 4.79 Å². The molecule has 0 fully saturated rings. The number of nitrogens with zero attached hydrogens (tertiary/aromatic N) is 1. The second kappa shape index (κ2) is 7.59. The third-order valence-electron chi connectivity index (χ3n) is 2.40. The predicted octanol–water partition coefficient (Wildman–Crippen LogP) is 3.10. The number of rotatable bonds is 5. The molecule has 0 heterocycles. The van der Waals surface area contributed by atoms with Crippen LogP contribution >= 0.6 is 15.9 Å². The van der Waals surface area contributed by atoms with E-state index < -0.39 is 0 Å². The number of nitriles is 1. The van der Waals surface area contributed by atoms with E-state index in [9.17, 15) is 4.79 Å². The van der Waals surface area contributed by atoms with E-state index in [1.165, 1.54) is 6.20 Å². The topological polar surface area (TPSA) is 64.9 Å². The molecule has 0 atom stereocenters. The summed E-state index contributed by atoms with van der Waals surface area (Å²) in [5.74, 6) is -0.361. The minimum Gasteiger partial charge on any atom is -0.359 e. The third-order valence-corrected chi connectivity index (χ3v) is 3.05. The first-order valence-corrected chi connectivity index (χ1v) is 6.79. The number of nitrogens with one attached hydrogen (secondary N) is 2. The molecule has 0 saturated heterocycles. The van der Waals surface area contributed by atoms with E-state index in [1.807, 2.05) is 38.1 Å². The summed E-state index contributed by atoms with van der Waals surface area (Å²) < 4.78 is 0.884. The summed E-state index contributed by atoms with van der Waals surface area (Å²) in [5, 5.41) is 14.6. The molecule has 0 aliphatic carbocycles. The second-order valence-corrected chi connectivity index (χ2v) is 4.91. The fourth-order valence-corrected chi connectivity index (χ4v) is 1.98. The monoisotopic (exact) mass is 321 g/mol. The van der Waals surface area contributed by atoms with Crippen molar-refractivity contribution in [1.29, 1.82) is 5.26 Å². The van der Waals surface area contributed by atoms with Gasteiger partial charge in [-0.2, -0.15) is 5.26 Å². The summed E-state index contributed by atoms with van der Waals surface area (Å²) in [6.45, 7) is 4.51. The lowest BCUT2D eigenvalue weighted by Gasteiger charge is -2.06. The normalized spacial score (nSPS) is 10.7. The van der Waals surface area contributed by atoms with Crippen LogP contribution in [0.2, 0.25) is 0 Å². The van der Waals surface area contributed by atoms with Crippen LogP contribution < -0.4 is 10.6 Å². The molecule has 0 aliphatic rings. The van der Waals surface area contributed by atoms with Crippen LogP contribution in [0.4, 0.5) is 5.69 Å². The van der Waals surface area contributed by atoms with Gasteiger partial charge in [-0.05, 0) is 47.0 Å². The van der Waals surface area contributed by atoms with E-state index in [0.29, 0.717) is 6.54 Å². The SMILES string of the molecule is CCCNC(=O)/C(C#N)=C\Nc1ccc(C)cc1Br. The number of hydrogen-bond acceptors (Lipinski definition) is 3. The number of carbonyl (C=O) groups excluding carboxylic acids is 1. The van der Waals surface area contributed by atoms with Gasteiger partial charge in [0.05, 0.1) is 5.69 Å². The second-order valence-electron chi connectivity index (χ2n) is 4.05. The van der Waals surface area contributed by atoms with Gasteiger partial charge in [-0.15, -0.1) is 0 Å². The smallest absolute Gasteiger partial charge is 0.263 e. The molecule has 0 spiro atoms. The predicted molar refractivity (Wildman–Crippen MR) is 79.5 cm³/mol. The first kappa shape index (κ1) is 15.3. The number of halogens is 1. The molecule has 19 heavy (non-hydrogen) atoms. The quantitative estimate of drug-likeness (QED) is 0.647. The molecule has 0 aromatic heterocycles. The summed E-state index contributed by atoms with van der Waals surface area (Å²) in [6.07, 6.45) is 2.25. The first-order chi connectivity index (χ1) is 9.08. The molecule has 0 radical (unpaired) electrons. The average molecular weight is 322 g/mol. The lowest BCUT2D eigenvalue weighted by atomic mass is 10.2. The fourth-order valence-electron chi connectivity index (χ4n) is 1.37. The van der Waals surface area contributed by atoms with Crippen LogP contribution in [0.25, 0.3) is 0 Å². The minimum absolute atomic E-state index is 0.0564. The standard InChI is InChI=1S/C14H16BrN3O/c1-3-6-17-14(19)11(8-16)9-18-13-5-4-10(2)7-12(13)15/h4-5,7,9,18H,3,6H2,1-2H3,(H,17,19)/b11-9-. The Kier molecular flexibility index (Phi) is 6.10. The van der Waals surface area contributed by atoms with Gasteiger partial charge in [0.25, 0.3) is 5.91 Å². The van der Waals surface area contributed by atoms with Crippen molar-refractivity contribution in [3.05, 3.63) is 40.0 Å². The highest BCUT2D eigenvalue weighted by Crippen LogP contribution is 2.23. The zero-order valence-corrected chi connectivity index (χ0v) is 12.5. The maximum absolute atomic E-state index is 11.6. The van der Waals surface area contributed by atoms with E-state index in [4.69, 9.17) is 5.26 Å². The van der Waals surface area contributed by atoms with Crippen LogP contribution in [-0.4, -0.2) is 12.5 Å². The van der Waals surface area contributed by atoms with E-state index in [1.54, 1.807) is 0 Å². The van der Waals surface area contributed by atoms with Gasteiger partial charge in [-0.1, -0.05) is 13.0 Å². The van der Waals surface area contributed by atoms with Crippen LogP contribution in [0.15, 0.2) is 34.4 Å². The fraction of sp³-hybridized carbons (Fsp3) is 0.286. The Balaban J connectivity index is 2.77. The van der Waals surface area contributed by atoms with Gasteiger partial charge in [0, 0.05) is 17.2 Å². The molecule has 0 unspecified atom stereocenters. The summed E-state index contributed by atoms with van der Waals surface area (Å²) in [6, 6.07) is 7.67. The van der Waals surface area contributed by atoms with Crippen molar-refractivity contribution in [2.45, 2.75) is 20.3 Å². The van der Waals surface area contributed by atoms with Crippen LogP contribution in [0.1, 0.15) is 18.9 Å². The molecule has 100 valence electrons. The number of hydrogen-bond donors (Lipinski definition) is 2. The Morgan fingerprint density at radius 3 is 2.84 bits per heavy atom. The number of aryl methyl sites for hydroxylation is 1. The number of carbonyl (C=O) groups is 1. The maximum atomic E-state index is 11.6. The van der Waals surface area contributed by atoms with E-state index in [0.717, 1.165) is 22.1 Å². The van der Waals surface area contributed by atoms with E-state index in [-0.39, 0.29) is 11.5 Å². The van der Waals surface area contributed by atoms with Crippen molar-refractivity contribution < 1.29 is 4.79 Å². The van der Waals surface area contributed by atoms with Crippen LogP contribution in [0.5, 0.6) is 0 Å². The van der Waals surface area contributed by atoms with Crippen molar-refractivity contribution in [2.75, 3.05) is 11.9 Å². The van der Waals surface area contributed by atoms with E-state index in [2.05, 4.69) is 26.6 Å². The van der Waals surface area contributed by atoms with Crippen molar-refractivity contribution in [2.24, 2.45) is 0 Å². The Labute approximate surface area is 121 Å². The molecule has 1 aromatic carbocycles. The molecule has 1 amide bonds. The highest BCUT2D eigenvalue weighted by molar-refractivity contribution is 9.10. The van der Waals surface area contributed by atoms with Crippen molar-refractivity contribution >= 4 is 27.5 Å². The largest absolute Gasteiger partial charge is 0.359 e. The summed E-state index contributed by atoms with van der Waals surface area (Å²) in [7, 11) is 0. The lowest BCUT2D eigenvalue weighted by molar-refractivity contribution is -0.117. The van der Waals surface area contributed by atoms with Crippen molar-refractivity contribution in [1.82, 2.24) is 5.32 Å². The maximum Gasteiger partial charge on any atom is 0.263 e. The Bertz CT molecular complexity index is 532. The zero-order chi connectivity index (χ0) is 14.3. The van der Waals surface area contributed by atoms with Gasteiger partial charge in [-0.25, -0.2) is 0 Å². The highest BCUT2D eigenvalue weighted by Gasteiger charge is 2.07. The molecule has 0 bridgehead atoms. The Hall–Kier alpha value is -1.80. The summed E-state index contributed by atoms with van der Waals surface area (Å²) in [4.78, 5) is 11.6. The van der Waals surface area contributed by atoms with Crippen LogP contribution in [0.3, 0.4) is 0 Å². The number of anilines is 1. The molecule has 0 saturated carbocycles. The van der Waals surface area contributed by atoms with Crippen molar-refractivity contribution in [3.8, 4) is 6.07 Å². The molecule has 0 aliphatic heterocycles. The number of amides is 1. The molecule has 1 rings (SSSR count). The molecular weight excluding hydrogens is 306 g/mol. The van der Waals surface area contributed by atoms with Gasteiger partial charge >= 0.3 is 0 Å². The Morgan fingerprint density at radius 1 is 1.53 bits per heavy atom. The van der Waals surface area contributed by atoms with Gasteiger partial charge in [0.15, 0.2) is 0 Å². The molecular formula is C14H16BrN3O. The molecule has 2 N–H and O–H groups in total. The molecule has 4 nitrogen and oxygen atoms in total. The third kappa shape index (κ3) is 4.76. The van der Waals surface area contributed by atoms with Crippen molar-refractivity contribution in [3.63, 3.8) is 0 Å². The first-order valence-electron chi connectivity index (χ1n) is 5.99.